The van der Waals surface area contributed by atoms with E-state index in [9.17, 15) is 9.59 Å². The van der Waals surface area contributed by atoms with Crippen molar-refractivity contribution in [3.8, 4) is 0 Å². The third-order valence-corrected chi connectivity index (χ3v) is 4.10. The first-order chi connectivity index (χ1) is 9.93. The highest BCUT2D eigenvalue weighted by atomic mass is 16.2. The lowest BCUT2D eigenvalue weighted by Gasteiger charge is -2.22. The Morgan fingerprint density at radius 2 is 2.00 bits per heavy atom. The Hall–Kier alpha value is -1.84. The number of hydrogen-bond acceptors (Lipinski definition) is 2. The maximum atomic E-state index is 12.5. The smallest absolute Gasteiger partial charge is 0.241 e. The fourth-order valence-electron chi connectivity index (χ4n) is 2.62. The molecule has 0 N–H and O–H groups in total. The lowest BCUT2D eigenvalue weighted by atomic mass is 10.1. The van der Waals surface area contributed by atoms with Gasteiger partial charge in [0, 0.05) is 26.6 Å². The summed E-state index contributed by atoms with van der Waals surface area (Å²) in [6.45, 7) is 4.75. The van der Waals surface area contributed by atoms with Crippen LogP contribution >= 0.6 is 0 Å². The van der Waals surface area contributed by atoms with Crippen molar-refractivity contribution >= 4 is 11.8 Å². The first-order valence-corrected chi connectivity index (χ1v) is 7.49. The molecule has 2 atom stereocenters. The molecule has 114 valence electrons. The monoisotopic (exact) mass is 288 g/mol. The number of amides is 2. The van der Waals surface area contributed by atoms with Crippen molar-refractivity contribution in [1.82, 2.24) is 9.80 Å². The van der Waals surface area contributed by atoms with Gasteiger partial charge >= 0.3 is 0 Å². The molecule has 0 aliphatic heterocycles. The predicted molar refractivity (Wildman–Crippen MR) is 83.0 cm³/mol. The van der Waals surface area contributed by atoms with Crippen LogP contribution in [0.1, 0.15) is 30.4 Å². The lowest BCUT2D eigenvalue weighted by molar-refractivity contribution is -0.139. The van der Waals surface area contributed by atoms with Crippen molar-refractivity contribution in [2.75, 3.05) is 27.2 Å². The number of carbonyl (C=O) groups excluding carboxylic acids is 2. The largest absolute Gasteiger partial charge is 0.347 e. The summed E-state index contributed by atoms with van der Waals surface area (Å²) in [6, 6.07) is 8.35. The molecule has 2 rings (SSSR count). The number of nitrogens with zero attached hydrogens (tertiary/aromatic N) is 2. The molecule has 2 unspecified atom stereocenters. The zero-order chi connectivity index (χ0) is 15.6. The van der Waals surface area contributed by atoms with E-state index in [2.05, 4.69) is 25.1 Å². The van der Waals surface area contributed by atoms with E-state index in [1.807, 2.05) is 13.0 Å². The standard InChI is InChI=1S/C17H24N2O2/c1-5-19(11-16(20)18(3)4)17(21)15-10-14(15)13-8-6-7-12(2)9-13/h6-9,14-15H,5,10-11H2,1-4H3. The number of likely N-dealkylation sites (N-methyl/N-ethyl adjacent to an activating group) is 2. The molecule has 1 fully saturated rings. The molecule has 0 aromatic heterocycles. The van der Waals surface area contributed by atoms with Gasteiger partial charge in [0.25, 0.3) is 0 Å². The zero-order valence-corrected chi connectivity index (χ0v) is 13.3. The molecule has 1 saturated carbocycles. The highest BCUT2D eigenvalue weighted by molar-refractivity contribution is 5.88. The van der Waals surface area contributed by atoms with Crippen LogP contribution in [0.5, 0.6) is 0 Å². The van der Waals surface area contributed by atoms with Gasteiger partial charge in [-0.1, -0.05) is 29.8 Å². The van der Waals surface area contributed by atoms with Crippen molar-refractivity contribution < 1.29 is 9.59 Å². The molecule has 0 spiro atoms. The molecule has 4 nitrogen and oxygen atoms in total. The number of hydrogen-bond donors (Lipinski definition) is 0. The molecule has 1 aromatic rings. The average molecular weight is 288 g/mol. The summed E-state index contributed by atoms with van der Waals surface area (Å²) in [7, 11) is 3.43. The molecule has 1 aromatic carbocycles. The summed E-state index contributed by atoms with van der Waals surface area (Å²) < 4.78 is 0. The predicted octanol–water partition coefficient (Wildman–Crippen LogP) is 2.04. The molecule has 1 aliphatic rings. The molecule has 2 amide bonds. The van der Waals surface area contributed by atoms with Gasteiger partial charge in [0.15, 0.2) is 0 Å². The minimum atomic E-state index is -0.0297. The van der Waals surface area contributed by atoms with Gasteiger partial charge in [0.1, 0.15) is 0 Å². The van der Waals surface area contributed by atoms with Crippen molar-refractivity contribution in [1.29, 1.82) is 0 Å². The first-order valence-electron chi connectivity index (χ1n) is 7.49. The average Bonchev–Trinajstić information content (AvgIpc) is 3.24. The van der Waals surface area contributed by atoms with Gasteiger partial charge in [-0.2, -0.15) is 0 Å². The summed E-state index contributed by atoms with van der Waals surface area (Å²) in [5.74, 6) is 0.444. The number of aryl methyl sites for hydroxylation is 1. The van der Waals surface area contributed by atoms with Gasteiger partial charge in [0.05, 0.1) is 6.54 Å². The van der Waals surface area contributed by atoms with E-state index in [1.165, 1.54) is 16.0 Å². The second-order valence-electron chi connectivity index (χ2n) is 6.00. The van der Waals surface area contributed by atoms with Crippen molar-refractivity contribution in [3.05, 3.63) is 35.4 Å². The highest BCUT2D eigenvalue weighted by Gasteiger charge is 2.45. The van der Waals surface area contributed by atoms with Gasteiger partial charge in [-0.05, 0) is 31.7 Å². The van der Waals surface area contributed by atoms with E-state index in [-0.39, 0.29) is 24.3 Å². The van der Waals surface area contributed by atoms with Gasteiger partial charge in [-0.15, -0.1) is 0 Å². The van der Waals surface area contributed by atoms with Crippen LogP contribution < -0.4 is 0 Å². The Bertz CT molecular complexity index is 539. The Morgan fingerprint density at radius 1 is 1.29 bits per heavy atom. The Labute approximate surface area is 126 Å². The maximum absolute atomic E-state index is 12.5. The third kappa shape index (κ3) is 3.63. The summed E-state index contributed by atoms with van der Waals surface area (Å²) in [4.78, 5) is 27.5. The van der Waals surface area contributed by atoms with Gasteiger partial charge in [-0.25, -0.2) is 0 Å². The Morgan fingerprint density at radius 3 is 2.57 bits per heavy atom. The van der Waals surface area contributed by atoms with Crippen molar-refractivity contribution in [2.45, 2.75) is 26.2 Å². The van der Waals surface area contributed by atoms with Crippen LogP contribution in [0.4, 0.5) is 0 Å². The highest BCUT2D eigenvalue weighted by Crippen LogP contribution is 2.48. The van der Waals surface area contributed by atoms with Crippen LogP contribution in [0.25, 0.3) is 0 Å². The second kappa shape index (κ2) is 6.29. The lowest BCUT2D eigenvalue weighted by Crippen LogP contribution is -2.41. The van der Waals surface area contributed by atoms with Gasteiger partial charge < -0.3 is 9.80 Å². The van der Waals surface area contributed by atoms with Crippen molar-refractivity contribution in [3.63, 3.8) is 0 Å². The number of benzene rings is 1. The molecular weight excluding hydrogens is 264 g/mol. The molecule has 0 heterocycles. The topological polar surface area (TPSA) is 40.6 Å². The van der Waals surface area contributed by atoms with E-state index in [1.54, 1.807) is 19.0 Å². The van der Waals surface area contributed by atoms with Crippen LogP contribution in [-0.2, 0) is 9.59 Å². The third-order valence-electron chi connectivity index (χ3n) is 4.10. The first kappa shape index (κ1) is 15.5. The second-order valence-corrected chi connectivity index (χ2v) is 6.00. The fourth-order valence-corrected chi connectivity index (χ4v) is 2.62. The molecular formula is C17H24N2O2. The summed E-state index contributed by atoms with van der Waals surface area (Å²) in [6.07, 6.45) is 0.898. The zero-order valence-electron chi connectivity index (χ0n) is 13.3. The SMILES string of the molecule is CCN(CC(=O)N(C)C)C(=O)C1CC1c1cccc(C)c1. The minimum Gasteiger partial charge on any atom is -0.347 e. The quantitative estimate of drug-likeness (QED) is 0.832. The summed E-state index contributed by atoms with van der Waals surface area (Å²) in [5, 5.41) is 0. The number of rotatable bonds is 5. The Kier molecular flexibility index (Phi) is 4.66. The molecule has 0 saturated heterocycles. The van der Waals surface area contributed by atoms with E-state index < -0.39 is 0 Å². The minimum absolute atomic E-state index is 0.0297. The summed E-state index contributed by atoms with van der Waals surface area (Å²) in [5.41, 5.74) is 2.46. The van der Waals surface area contributed by atoms with Crippen LogP contribution in [0.3, 0.4) is 0 Å². The molecule has 1 aliphatic carbocycles. The maximum Gasteiger partial charge on any atom is 0.241 e. The Balaban J connectivity index is 1.99. The number of carbonyl (C=O) groups is 2. The normalized spacial score (nSPS) is 20.0. The van der Waals surface area contributed by atoms with Crippen LogP contribution in [-0.4, -0.2) is 48.8 Å². The fraction of sp³-hybridized carbons (Fsp3) is 0.529. The van der Waals surface area contributed by atoms with Gasteiger partial charge in [0.2, 0.25) is 11.8 Å². The van der Waals surface area contributed by atoms with Crippen molar-refractivity contribution in [2.24, 2.45) is 5.92 Å². The summed E-state index contributed by atoms with van der Waals surface area (Å²) >= 11 is 0. The van der Waals surface area contributed by atoms with Crippen LogP contribution in [0, 0.1) is 12.8 Å². The van der Waals surface area contributed by atoms with E-state index in [0.717, 1.165) is 6.42 Å². The molecule has 21 heavy (non-hydrogen) atoms. The van der Waals surface area contributed by atoms with E-state index in [0.29, 0.717) is 12.5 Å². The van der Waals surface area contributed by atoms with E-state index >= 15 is 0 Å². The van der Waals surface area contributed by atoms with Crippen LogP contribution in [0.15, 0.2) is 24.3 Å². The van der Waals surface area contributed by atoms with Gasteiger partial charge in [-0.3, -0.25) is 9.59 Å². The molecule has 4 heteroatoms. The molecule has 0 radical (unpaired) electrons. The molecule has 0 bridgehead atoms. The van der Waals surface area contributed by atoms with E-state index in [4.69, 9.17) is 0 Å². The van der Waals surface area contributed by atoms with Crippen LogP contribution in [0.2, 0.25) is 0 Å².